The highest BCUT2D eigenvalue weighted by Gasteiger charge is 2.29. The first-order chi connectivity index (χ1) is 8.91. The van der Waals surface area contributed by atoms with Crippen LogP contribution in [0.1, 0.15) is 5.56 Å². The second-order valence-corrected chi connectivity index (χ2v) is 4.45. The van der Waals surface area contributed by atoms with Crippen LogP contribution >= 0.6 is 12.6 Å². The van der Waals surface area contributed by atoms with Gasteiger partial charge in [0.05, 0.1) is 5.25 Å². The normalized spacial score (nSPS) is 11.9. The maximum absolute atomic E-state index is 11.7. The molecule has 1 atom stereocenters. The van der Waals surface area contributed by atoms with Crippen LogP contribution in [0.2, 0.25) is 0 Å². The summed E-state index contributed by atoms with van der Waals surface area (Å²) in [5, 5.41) is 18.4. The van der Waals surface area contributed by atoms with Gasteiger partial charge in [0.1, 0.15) is 0 Å². The molecule has 102 valence electrons. The summed E-state index contributed by atoms with van der Waals surface area (Å²) in [4.78, 5) is 32.9. The minimum absolute atomic E-state index is 0.280. The van der Waals surface area contributed by atoms with Crippen molar-refractivity contribution in [3.8, 4) is 0 Å². The highest BCUT2D eigenvalue weighted by atomic mass is 32.1. The second-order valence-electron chi connectivity index (χ2n) is 3.82. The number of hydrogen-bond acceptors (Lipinski definition) is 4. The molecule has 0 aliphatic heterocycles. The quantitative estimate of drug-likeness (QED) is 0.440. The lowest BCUT2D eigenvalue weighted by Crippen LogP contribution is -2.49. The topological polar surface area (TPSA) is 104 Å². The highest BCUT2D eigenvalue weighted by Crippen LogP contribution is 2.08. The molecule has 1 rings (SSSR count). The minimum Gasteiger partial charge on any atom is -0.479 e. The third kappa shape index (κ3) is 4.63. The van der Waals surface area contributed by atoms with E-state index < -0.39 is 29.1 Å². The van der Waals surface area contributed by atoms with Crippen molar-refractivity contribution in [2.24, 2.45) is 0 Å². The Hall–Kier alpha value is -2.02. The fourth-order valence-corrected chi connectivity index (χ4v) is 1.68. The number of amides is 1. The van der Waals surface area contributed by atoms with Crippen LogP contribution in [0.4, 0.5) is 0 Å². The third-order valence-corrected chi connectivity index (χ3v) is 2.77. The van der Waals surface area contributed by atoms with Crippen molar-refractivity contribution in [2.75, 3.05) is 0 Å². The molecule has 0 saturated heterocycles. The Balaban J connectivity index is 2.62. The molecule has 3 N–H and O–H groups in total. The third-order valence-electron chi connectivity index (χ3n) is 2.36. The summed E-state index contributed by atoms with van der Waals surface area (Å²) in [7, 11) is 0. The lowest BCUT2D eigenvalue weighted by Gasteiger charge is -2.14. The summed E-state index contributed by atoms with van der Waals surface area (Å²) in [6.07, 6.45) is 0.280. The fourth-order valence-electron chi connectivity index (χ4n) is 1.40. The van der Waals surface area contributed by atoms with Gasteiger partial charge in [-0.25, -0.2) is 9.59 Å². The van der Waals surface area contributed by atoms with E-state index in [4.69, 9.17) is 10.2 Å². The molecular weight excluding hydrogens is 270 g/mol. The Morgan fingerprint density at radius 1 is 1.11 bits per heavy atom. The summed E-state index contributed by atoms with van der Waals surface area (Å²) in [5.41, 5.74) is 0.847. The molecular formula is C12H13NO5S. The molecule has 0 fully saturated rings. The Kier molecular flexibility index (Phi) is 5.37. The number of rotatable bonds is 6. The van der Waals surface area contributed by atoms with Crippen LogP contribution in [-0.4, -0.2) is 39.4 Å². The van der Waals surface area contributed by atoms with Crippen molar-refractivity contribution in [3.63, 3.8) is 0 Å². The number of thiol groups is 1. The molecule has 6 nitrogen and oxygen atoms in total. The number of benzene rings is 1. The van der Waals surface area contributed by atoms with E-state index in [0.29, 0.717) is 0 Å². The standard InChI is InChI=1S/C12H13NO5S/c14-10(13-9(11(15)16)12(17)18)8(19)6-7-4-2-1-3-5-7/h1-5,8-9,19H,6H2,(H,13,14)(H,15,16)(H,17,18). The van der Waals surface area contributed by atoms with Crippen molar-refractivity contribution >= 4 is 30.5 Å². The molecule has 1 aromatic rings. The van der Waals surface area contributed by atoms with E-state index in [9.17, 15) is 14.4 Å². The predicted molar refractivity (Wildman–Crippen MR) is 70.1 cm³/mol. The van der Waals surface area contributed by atoms with Gasteiger partial charge < -0.3 is 15.5 Å². The molecule has 19 heavy (non-hydrogen) atoms. The Bertz CT molecular complexity index is 462. The zero-order valence-electron chi connectivity index (χ0n) is 9.81. The van der Waals surface area contributed by atoms with Crippen LogP contribution in [0.25, 0.3) is 0 Å². The van der Waals surface area contributed by atoms with Gasteiger partial charge >= 0.3 is 11.9 Å². The van der Waals surface area contributed by atoms with Crippen LogP contribution in [0.15, 0.2) is 30.3 Å². The number of carboxylic acid groups (broad SMARTS) is 2. The van der Waals surface area contributed by atoms with Crippen LogP contribution in [0, 0.1) is 0 Å². The van der Waals surface area contributed by atoms with Crippen molar-refractivity contribution in [1.29, 1.82) is 0 Å². The predicted octanol–water partition coefficient (Wildman–Crippen LogP) is 0.181. The lowest BCUT2D eigenvalue weighted by molar-refractivity contribution is -0.153. The first-order valence-corrected chi connectivity index (χ1v) is 5.91. The van der Waals surface area contributed by atoms with Gasteiger partial charge in [-0.15, -0.1) is 0 Å². The minimum atomic E-state index is -1.96. The van der Waals surface area contributed by atoms with Gasteiger partial charge in [-0.3, -0.25) is 4.79 Å². The number of aliphatic carboxylic acids is 2. The molecule has 0 aliphatic rings. The SMILES string of the molecule is O=C(NC(C(=O)O)C(=O)O)C(S)Cc1ccccc1. The summed E-state index contributed by atoms with van der Waals surface area (Å²) in [5.74, 6) is -3.98. The first-order valence-electron chi connectivity index (χ1n) is 5.39. The molecule has 7 heteroatoms. The summed E-state index contributed by atoms with van der Waals surface area (Å²) in [6, 6.07) is 7.04. The van der Waals surface area contributed by atoms with Gasteiger partial charge in [0, 0.05) is 0 Å². The molecule has 0 aliphatic carbocycles. The van der Waals surface area contributed by atoms with E-state index in [0.717, 1.165) is 5.56 Å². The average Bonchev–Trinajstić information content (AvgIpc) is 2.35. The number of hydrogen-bond donors (Lipinski definition) is 4. The zero-order chi connectivity index (χ0) is 14.4. The van der Waals surface area contributed by atoms with Gasteiger partial charge in [-0.2, -0.15) is 12.6 Å². The highest BCUT2D eigenvalue weighted by molar-refractivity contribution is 7.81. The van der Waals surface area contributed by atoms with E-state index in [2.05, 4.69) is 12.6 Å². The van der Waals surface area contributed by atoms with E-state index in [1.54, 1.807) is 24.3 Å². The Labute approximate surface area is 114 Å². The number of nitrogens with one attached hydrogen (secondary N) is 1. The maximum Gasteiger partial charge on any atom is 0.338 e. The van der Waals surface area contributed by atoms with Crippen molar-refractivity contribution in [3.05, 3.63) is 35.9 Å². The molecule has 0 bridgehead atoms. The number of carbonyl (C=O) groups is 3. The summed E-state index contributed by atoms with van der Waals surface area (Å²) in [6.45, 7) is 0. The van der Waals surface area contributed by atoms with Crippen molar-refractivity contribution in [1.82, 2.24) is 5.32 Å². The van der Waals surface area contributed by atoms with Gasteiger partial charge in [-0.1, -0.05) is 30.3 Å². The molecule has 0 saturated carbocycles. The second kappa shape index (κ2) is 6.79. The van der Waals surface area contributed by atoms with Gasteiger partial charge in [0.15, 0.2) is 0 Å². The van der Waals surface area contributed by atoms with Crippen molar-refractivity contribution in [2.45, 2.75) is 17.7 Å². The Morgan fingerprint density at radius 2 is 1.63 bits per heavy atom. The smallest absolute Gasteiger partial charge is 0.338 e. The lowest BCUT2D eigenvalue weighted by atomic mass is 10.1. The monoisotopic (exact) mass is 283 g/mol. The van der Waals surface area contributed by atoms with E-state index >= 15 is 0 Å². The number of carboxylic acids is 2. The van der Waals surface area contributed by atoms with E-state index in [1.165, 1.54) is 0 Å². The first kappa shape index (κ1) is 15.0. The van der Waals surface area contributed by atoms with E-state index in [-0.39, 0.29) is 6.42 Å². The summed E-state index contributed by atoms with van der Waals surface area (Å²) >= 11 is 4.05. The number of carbonyl (C=O) groups excluding carboxylic acids is 1. The van der Waals surface area contributed by atoms with Gasteiger partial charge in [0.2, 0.25) is 11.9 Å². The van der Waals surface area contributed by atoms with Crippen molar-refractivity contribution < 1.29 is 24.6 Å². The van der Waals surface area contributed by atoms with Crippen LogP contribution in [-0.2, 0) is 20.8 Å². The van der Waals surface area contributed by atoms with Crippen LogP contribution < -0.4 is 5.32 Å². The largest absolute Gasteiger partial charge is 0.479 e. The maximum atomic E-state index is 11.7. The molecule has 0 spiro atoms. The molecule has 0 radical (unpaired) electrons. The van der Waals surface area contributed by atoms with E-state index in [1.807, 2.05) is 11.4 Å². The average molecular weight is 283 g/mol. The van der Waals surface area contributed by atoms with Gasteiger partial charge in [0.25, 0.3) is 0 Å². The molecule has 0 aromatic heterocycles. The Morgan fingerprint density at radius 3 is 2.11 bits per heavy atom. The zero-order valence-corrected chi connectivity index (χ0v) is 10.7. The van der Waals surface area contributed by atoms with Gasteiger partial charge in [-0.05, 0) is 12.0 Å². The van der Waals surface area contributed by atoms with Crippen LogP contribution in [0.5, 0.6) is 0 Å². The molecule has 1 amide bonds. The van der Waals surface area contributed by atoms with Crippen LogP contribution in [0.3, 0.4) is 0 Å². The molecule has 1 aromatic carbocycles. The molecule has 1 unspecified atom stereocenters. The fraction of sp³-hybridized carbons (Fsp3) is 0.250. The molecule has 0 heterocycles. The summed E-state index contributed by atoms with van der Waals surface area (Å²) < 4.78 is 0.